The summed E-state index contributed by atoms with van der Waals surface area (Å²) in [4.78, 5) is 8.86. The highest BCUT2D eigenvalue weighted by Gasteiger charge is 2.34. The van der Waals surface area contributed by atoms with Crippen LogP contribution in [0.4, 0.5) is 5.13 Å². The van der Waals surface area contributed by atoms with Crippen LogP contribution in [0.5, 0.6) is 0 Å². The second-order valence-electron chi connectivity index (χ2n) is 7.13. The molecule has 1 aromatic heterocycles. The molecule has 1 aromatic rings. The van der Waals surface area contributed by atoms with Crippen molar-refractivity contribution in [2.45, 2.75) is 53.5 Å². The molecule has 0 amide bonds. The Bertz CT molecular complexity index is 451. The molecule has 4 heteroatoms. The Kier molecular flexibility index (Phi) is 4.75. The molecule has 0 saturated carbocycles. The van der Waals surface area contributed by atoms with E-state index in [1.54, 1.807) is 0 Å². The van der Waals surface area contributed by atoms with Crippen LogP contribution in [-0.2, 0) is 6.42 Å². The van der Waals surface area contributed by atoms with Crippen molar-refractivity contribution in [2.75, 3.05) is 25.0 Å². The van der Waals surface area contributed by atoms with E-state index in [1.165, 1.54) is 22.1 Å². The number of fused-ring (bicyclic) bond motifs is 1. The first-order valence-electron chi connectivity index (χ1n) is 7.78. The van der Waals surface area contributed by atoms with Crippen LogP contribution in [-0.4, -0.2) is 25.1 Å². The minimum Gasteiger partial charge on any atom is -0.348 e. The highest BCUT2D eigenvalue weighted by atomic mass is 32.1. The number of nitrogens with zero attached hydrogens (tertiary/aromatic N) is 2. The van der Waals surface area contributed by atoms with Crippen molar-refractivity contribution >= 4 is 16.5 Å². The summed E-state index contributed by atoms with van der Waals surface area (Å²) in [5.41, 5.74) is 1.67. The molecule has 0 fully saturated rings. The lowest BCUT2D eigenvalue weighted by molar-refractivity contribution is 0.265. The Balaban J connectivity index is 2.29. The third-order valence-corrected chi connectivity index (χ3v) is 5.29. The standard InChI is InChI=1S/C16H29N3S/c1-7-19(10-11(2)3)15-18-13-9-16(4,5)8-12(17-6)14(13)20-15/h11-12,17H,7-10H2,1-6H3. The van der Waals surface area contributed by atoms with E-state index in [4.69, 9.17) is 4.98 Å². The zero-order valence-electron chi connectivity index (χ0n) is 13.8. The lowest BCUT2D eigenvalue weighted by Crippen LogP contribution is -2.30. The van der Waals surface area contributed by atoms with Gasteiger partial charge in [0.1, 0.15) is 0 Å². The van der Waals surface area contributed by atoms with E-state index in [-0.39, 0.29) is 0 Å². The summed E-state index contributed by atoms with van der Waals surface area (Å²) in [5, 5.41) is 4.69. The fraction of sp³-hybridized carbons (Fsp3) is 0.812. The van der Waals surface area contributed by atoms with Gasteiger partial charge in [0.2, 0.25) is 0 Å². The summed E-state index contributed by atoms with van der Waals surface area (Å²) in [7, 11) is 2.07. The van der Waals surface area contributed by atoms with Gasteiger partial charge in [0, 0.05) is 24.0 Å². The SMILES string of the molecule is CCN(CC(C)C)c1nc2c(s1)C(NC)CC(C)(C)C2. The molecule has 0 aliphatic heterocycles. The third-order valence-electron chi connectivity index (χ3n) is 4.02. The predicted molar refractivity (Wildman–Crippen MR) is 88.7 cm³/mol. The molecule has 1 aliphatic carbocycles. The molecule has 3 nitrogen and oxygen atoms in total. The maximum atomic E-state index is 4.97. The number of hydrogen-bond donors (Lipinski definition) is 1. The average Bonchev–Trinajstić information content (AvgIpc) is 2.76. The maximum Gasteiger partial charge on any atom is 0.185 e. The smallest absolute Gasteiger partial charge is 0.185 e. The van der Waals surface area contributed by atoms with Gasteiger partial charge in [-0.2, -0.15) is 0 Å². The molecule has 1 N–H and O–H groups in total. The van der Waals surface area contributed by atoms with Crippen LogP contribution >= 0.6 is 11.3 Å². The molecule has 20 heavy (non-hydrogen) atoms. The molecular formula is C16H29N3S. The first-order chi connectivity index (χ1) is 9.36. The molecule has 2 rings (SSSR count). The first kappa shape index (κ1) is 15.8. The molecule has 0 saturated heterocycles. The summed E-state index contributed by atoms with van der Waals surface area (Å²) < 4.78 is 0. The van der Waals surface area contributed by atoms with Gasteiger partial charge in [-0.05, 0) is 38.1 Å². The van der Waals surface area contributed by atoms with Crippen LogP contribution in [0.15, 0.2) is 0 Å². The van der Waals surface area contributed by atoms with Crippen molar-refractivity contribution in [2.24, 2.45) is 11.3 Å². The zero-order valence-corrected chi connectivity index (χ0v) is 14.6. The van der Waals surface area contributed by atoms with E-state index < -0.39 is 0 Å². The van der Waals surface area contributed by atoms with E-state index >= 15 is 0 Å². The molecule has 1 heterocycles. The number of nitrogens with one attached hydrogen (secondary N) is 1. The molecular weight excluding hydrogens is 266 g/mol. The van der Waals surface area contributed by atoms with E-state index in [2.05, 4.69) is 51.9 Å². The predicted octanol–water partition coefficient (Wildman–Crippen LogP) is 3.86. The Morgan fingerprint density at radius 1 is 1.45 bits per heavy atom. The van der Waals surface area contributed by atoms with Gasteiger partial charge in [0.15, 0.2) is 5.13 Å². The Morgan fingerprint density at radius 3 is 2.70 bits per heavy atom. The van der Waals surface area contributed by atoms with Crippen molar-refractivity contribution in [1.29, 1.82) is 0 Å². The monoisotopic (exact) mass is 295 g/mol. The van der Waals surface area contributed by atoms with E-state index in [1.807, 2.05) is 11.3 Å². The van der Waals surface area contributed by atoms with Gasteiger partial charge in [-0.3, -0.25) is 0 Å². The maximum absolute atomic E-state index is 4.97. The molecule has 1 unspecified atom stereocenters. The summed E-state index contributed by atoms with van der Waals surface area (Å²) >= 11 is 1.90. The van der Waals surface area contributed by atoms with E-state index in [0.717, 1.165) is 19.5 Å². The van der Waals surface area contributed by atoms with Crippen molar-refractivity contribution in [3.63, 3.8) is 0 Å². The lowest BCUT2D eigenvalue weighted by atomic mass is 9.76. The molecule has 1 aliphatic rings. The van der Waals surface area contributed by atoms with Gasteiger partial charge in [-0.1, -0.05) is 39.0 Å². The number of hydrogen-bond acceptors (Lipinski definition) is 4. The normalized spacial score (nSPS) is 21.1. The van der Waals surface area contributed by atoms with Crippen molar-refractivity contribution in [1.82, 2.24) is 10.3 Å². The number of thiazole rings is 1. The van der Waals surface area contributed by atoms with E-state index in [9.17, 15) is 0 Å². The molecule has 0 spiro atoms. The molecule has 0 bridgehead atoms. The van der Waals surface area contributed by atoms with Gasteiger partial charge in [0.05, 0.1) is 5.69 Å². The van der Waals surface area contributed by atoms with Gasteiger partial charge in [0.25, 0.3) is 0 Å². The van der Waals surface area contributed by atoms with Crippen LogP contribution < -0.4 is 10.2 Å². The number of anilines is 1. The molecule has 1 atom stereocenters. The lowest BCUT2D eigenvalue weighted by Gasteiger charge is -2.34. The minimum absolute atomic E-state index is 0.348. The third kappa shape index (κ3) is 3.34. The topological polar surface area (TPSA) is 28.2 Å². The average molecular weight is 295 g/mol. The summed E-state index contributed by atoms with van der Waals surface area (Å²) in [6.07, 6.45) is 2.31. The largest absolute Gasteiger partial charge is 0.348 e. The fourth-order valence-corrected chi connectivity index (χ4v) is 4.34. The minimum atomic E-state index is 0.348. The first-order valence-corrected chi connectivity index (χ1v) is 8.59. The van der Waals surface area contributed by atoms with Crippen LogP contribution in [0.3, 0.4) is 0 Å². The number of rotatable bonds is 5. The van der Waals surface area contributed by atoms with Crippen LogP contribution in [0.2, 0.25) is 0 Å². The second-order valence-corrected chi connectivity index (χ2v) is 8.14. The van der Waals surface area contributed by atoms with Gasteiger partial charge in [-0.15, -0.1) is 0 Å². The van der Waals surface area contributed by atoms with Gasteiger partial charge < -0.3 is 10.2 Å². The van der Waals surface area contributed by atoms with Crippen molar-refractivity contribution in [3.05, 3.63) is 10.6 Å². The van der Waals surface area contributed by atoms with Gasteiger partial charge in [-0.25, -0.2) is 4.98 Å². The van der Waals surface area contributed by atoms with Crippen LogP contribution in [0, 0.1) is 11.3 Å². The zero-order chi connectivity index (χ0) is 14.9. The summed E-state index contributed by atoms with van der Waals surface area (Å²) in [5.74, 6) is 0.674. The molecule has 0 radical (unpaired) electrons. The molecule has 0 aromatic carbocycles. The Morgan fingerprint density at radius 2 is 2.15 bits per heavy atom. The summed E-state index contributed by atoms with van der Waals surface area (Å²) in [6, 6.07) is 0.470. The van der Waals surface area contributed by atoms with Gasteiger partial charge >= 0.3 is 0 Å². The van der Waals surface area contributed by atoms with Crippen molar-refractivity contribution in [3.8, 4) is 0 Å². The number of aromatic nitrogens is 1. The highest BCUT2D eigenvalue weighted by Crippen LogP contribution is 2.44. The summed E-state index contributed by atoms with van der Waals surface area (Å²) in [6.45, 7) is 13.6. The van der Waals surface area contributed by atoms with Crippen molar-refractivity contribution < 1.29 is 0 Å². The van der Waals surface area contributed by atoms with Crippen LogP contribution in [0.25, 0.3) is 0 Å². The quantitative estimate of drug-likeness (QED) is 0.894. The fourth-order valence-electron chi connectivity index (χ4n) is 3.07. The van der Waals surface area contributed by atoms with E-state index in [0.29, 0.717) is 17.4 Å². The second kappa shape index (κ2) is 6.02. The highest BCUT2D eigenvalue weighted by molar-refractivity contribution is 7.15. The Hall–Kier alpha value is -0.610. The van der Waals surface area contributed by atoms with Crippen LogP contribution in [0.1, 0.15) is 57.7 Å². The molecule has 114 valence electrons. The Labute approximate surface area is 127 Å².